The van der Waals surface area contributed by atoms with Crippen LogP contribution in [0.15, 0.2) is 30.3 Å². The molecule has 3 nitrogen and oxygen atoms in total. The fourth-order valence-electron chi connectivity index (χ4n) is 10.6. The Morgan fingerprint density at radius 2 is 1.78 bits per heavy atom. The number of hydrogen-bond acceptors (Lipinski definition) is 3. The van der Waals surface area contributed by atoms with Gasteiger partial charge in [0, 0.05) is 11.8 Å². The number of carbonyl (C=O) groups is 1. The molecule has 0 amide bonds. The van der Waals surface area contributed by atoms with E-state index in [2.05, 4.69) is 34.6 Å². The molecule has 0 aromatic heterocycles. The number of hydrogen-bond donors (Lipinski definition) is 0. The molecule has 4 saturated carbocycles. The van der Waals surface area contributed by atoms with E-state index < -0.39 is 0 Å². The summed E-state index contributed by atoms with van der Waals surface area (Å²) in [4.78, 5) is 12.8. The van der Waals surface area contributed by atoms with Crippen molar-refractivity contribution in [1.82, 2.24) is 0 Å². The van der Waals surface area contributed by atoms with Crippen molar-refractivity contribution in [2.75, 3.05) is 0 Å². The molecular formula is C34H50O3. The van der Waals surface area contributed by atoms with Crippen molar-refractivity contribution < 1.29 is 14.3 Å². The van der Waals surface area contributed by atoms with Gasteiger partial charge in [-0.25, -0.2) is 4.79 Å². The van der Waals surface area contributed by atoms with Gasteiger partial charge < -0.3 is 9.47 Å². The highest BCUT2D eigenvalue weighted by Crippen LogP contribution is 2.74. The zero-order valence-corrected chi connectivity index (χ0v) is 24.0. The average Bonchev–Trinajstić information content (AvgIpc) is 3.45. The lowest BCUT2D eigenvalue weighted by molar-refractivity contribution is -0.118. The van der Waals surface area contributed by atoms with E-state index in [-0.39, 0.29) is 23.1 Å². The highest BCUT2D eigenvalue weighted by molar-refractivity contribution is 5.89. The van der Waals surface area contributed by atoms with Crippen molar-refractivity contribution in [3.05, 3.63) is 35.9 Å². The molecule has 0 N–H and O–H groups in total. The van der Waals surface area contributed by atoms with Crippen LogP contribution in [0.2, 0.25) is 0 Å². The molecule has 4 aliphatic carbocycles. The van der Waals surface area contributed by atoms with Crippen LogP contribution in [0.5, 0.6) is 0 Å². The standard InChI is InChI=1S/C34H50O3/c1-22(2)10-9-11-23(3)27-14-15-28-26-20-30-34(37-30)21-25(36-31(35)24-12-7-6-8-13-24)16-19-33(34,5)29(26)17-18-32(27,28)4/h6-8,12-13,22-23,25-30H,9-11,14-21H2,1-5H3/t23-,25+,26-,27+,28-,29-,30+,32-,33-,34+/m1/s1. The molecule has 204 valence electrons. The normalized spacial score (nSPS) is 44.8. The summed E-state index contributed by atoms with van der Waals surface area (Å²) in [5.74, 6) is 4.87. The van der Waals surface area contributed by atoms with Gasteiger partial charge in [0.1, 0.15) is 11.7 Å². The van der Waals surface area contributed by atoms with Crippen LogP contribution in [0, 0.1) is 46.3 Å². The number of benzene rings is 1. The summed E-state index contributed by atoms with van der Waals surface area (Å²) < 4.78 is 12.8. The Labute approximate surface area is 225 Å². The van der Waals surface area contributed by atoms with Crippen LogP contribution in [0.3, 0.4) is 0 Å². The van der Waals surface area contributed by atoms with Crippen molar-refractivity contribution in [2.45, 2.75) is 123 Å². The van der Waals surface area contributed by atoms with E-state index in [4.69, 9.17) is 9.47 Å². The van der Waals surface area contributed by atoms with E-state index in [9.17, 15) is 4.79 Å². The Kier molecular flexibility index (Phi) is 6.57. The first-order chi connectivity index (χ1) is 17.7. The van der Waals surface area contributed by atoms with Gasteiger partial charge in [-0.15, -0.1) is 0 Å². The predicted octanol–water partition coefficient (Wildman–Crippen LogP) is 8.46. The van der Waals surface area contributed by atoms with Crippen molar-refractivity contribution in [3.8, 4) is 0 Å². The lowest BCUT2D eigenvalue weighted by atomic mass is 9.44. The van der Waals surface area contributed by atoms with Gasteiger partial charge in [-0.3, -0.25) is 0 Å². The second-order valence-electron chi connectivity index (χ2n) is 14.7. The molecule has 1 heterocycles. The summed E-state index contributed by atoms with van der Waals surface area (Å²) in [5.41, 5.74) is 1.36. The minimum atomic E-state index is -0.176. The van der Waals surface area contributed by atoms with Gasteiger partial charge in [-0.05, 0) is 98.0 Å². The summed E-state index contributed by atoms with van der Waals surface area (Å²) in [6.45, 7) is 12.5. The predicted molar refractivity (Wildman–Crippen MR) is 148 cm³/mol. The summed E-state index contributed by atoms with van der Waals surface area (Å²) in [6.07, 6.45) is 14.5. The van der Waals surface area contributed by atoms with Gasteiger partial charge in [0.25, 0.3) is 0 Å². The van der Waals surface area contributed by atoms with Crippen LogP contribution < -0.4 is 0 Å². The summed E-state index contributed by atoms with van der Waals surface area (Å²) in [5, 5.41) is 0. The maximum Gasteiger partial charge on any atom is 0.338 e. The molecule has 10 atom stereocenters. The molecule has 3 heteroatoms. The van der Waals surface area contributed by atoms with Crippen LogP contribution in [-0.4, -0.2) is 23.8 Å². The molecule has 1 saturated heterocycles. The SMILES string of the molecule is CC(C)CCC[C@@H](C)[C@@H]1CC[C@@H]2[C@H]3C[C@@H]4O[C@@]45C[C@@H](OC(=O)c4ccccc4)CC[C@]5(C)[C@@H]3CC[C@@]21C. The first kappa shape index (κ1) is 25.9. The maximum atomic E-state index is 12.8. The van der Waals surface area contributed by atoms with E-state index in [0.717, 1.165) is 54.8 Å². The Morgan fingerprint density at radius 1 is 1.00 bits per heavy atom. The molecular weight excluding hydrogens is 456 g/mol. The Hall–Kier alpha value is -1.35. The van der Waals surface area contributed by atoms with E-state index in [1.165, 1.54) is 51.4 Å². The first-order valence-electron chi connectivity index (χ1n) is 15.6. The van der Waals surface area contributed by atoms with Crippen molar-refractivity contribution in [2.24, 2.45) is 46.3 Å². The Morgan fingerprint density at radius 3 is 2.54 bits per heavy atom. The van der Waals surface area contributed by atoms with Gasteiger partial charge >= 0.3 is 5.97 Å². The molecule has 0 radical (unpaired) electrons. The fourth-order valence-corrected chi connectivity index (χ4v) is 10.6. The molecule has 5 aliphatic rings. The zero-order valence-electron chi connectivity index (χ0n) is 24.0. The third kappa shape index (κ3) is 4.12. The lowest BCUT2D eigenvalue weighted by Crippen LogP contribution is -2.59. The number of ether oxygens (including phenoxy) is 2. The van der Waals surface area contributed by atoms with Crippen molar-refractivity contribution >= 4 is 5.97 Å². The quantitative estimate of drug-likeness (QED) is 0.275. The summed E-state index contributed by atoms with van der Waals surface area (Å²) in [6, 6.07) is 9.47. The Balaban J connectivity index is 1.14. The summed E-state index contributed by atoms with van der Waals surface area (Å²) in [7, 11) is 0. The molecule has 1 aromatic carbocycles. The van der Waals surface area contributed by atoms with Gasteiger partial charge in [0.15, 0.2) is 0 Å². The van der Waals surface area contributed by atoms with Crippen LogP contribution in [0.1, 0.15) is 116 Å². The van der Waals surface area contributed by atoms with Gasteiger partial charge in [-0.1, -0.05) is 72.1 Å². The first-order valence-corrected chi connectivity index (χ1v) is 15.6. The minimum absolute atomic E-state index is 0.0151. The van der Waals surface area contributed by atoms with E-state index in [1.807, 2.05) is 30.3 Å². The topological polar surface area (TPSA) is 38.8 Å². The maximum absolute atomic E-state index is 12.8. The molecule has 1 aromatic rings. The van der Waals surface area contributed by atoms with E-state index >= 15 is 0 Å². The molecule has 0 unspecified atom stereocenters. The highest BCUT2D eigenvalue weighted by atomic mass is 16.6. The van der Waals surface area contributed by atoms with Gasteiger partial charge in [0.05, 0.1) is 11.7 Å². The van der Waals surface area contributed by atoms with Crippen LogP contribution >= 0.6 is 0 Å². The van der Waals surface area contributed by atoms with Crippen molar-refractivity contribution in [1.29, 1.82) is 0 Å². The third-order valence-corrected chi connectivity index (χ3v) is 12.5. The average molecular weight is 507 g/mol. The number of carbonyl (C=O) groups excluding carboxylic acids is 1. The molecule has 37 heavy (non-hydrogen) atoms. The van der Waals surface area contributed by atoms with E-state index in [1.54, 1.807) is 0 Å². The fraction of sp³-hybridized carbons (Fsp3) is 0.794. The molecule has 1 spiro atoms. The minimum Gasteiger partial charge on any atom is -0.459 e. The number of rotatable bonds is 7. The number of fused-ring (bicyclic) bond motifs is 4. The van der Waals surface area contributed by atoms with Gasteiger partial charge in [-0.2, -0.15) is 0 Å². The lowest BCUT2D eigenvalue weighted by Gasteiger charge is -2.59. The van der Waals surface area contributed by atoms with Gasteiger partial charge in [0.2, 0.25) is 0 Å². The molecule has 0 bridgehead atoms. The van der Waals surface area contributed by atoms with Crippen LogP contribution in [-0.2, 0) is 9.47 Å². The second kappa shape index (κ2) is 9.39. The molecule has 1 aliphatic heterocycles. The Bertz CT molecular complexity index is 988. The molecule has 6 rings (SSSR count). The zero-order chi connectivity index (χ0) is 26.0. The number of esters is 1. The monoisotopic (exact) mass is 506 g/mol. The van der Waals surface area contributed by atoms with Crippen molar-refractivity contribution in [3.63, 3.8) is 0 Å². The number of epoxide rings is 1. The van der Waals surface area contributed by atoms with Crippen LogP contribution in [0.25, 0.3) is 0 Å². The molecule has 5 fully saturated rings. The highest BCUT2D eigenvalue weighted by Gasteiger charge is 2.76. The summed E-state index contributed by atoms with van der Waals surface area (Å²) >= 11 is 0. The largest absolute Gasteiger partial charge is 0.459 e. The third-order valence-electron chi connectivity index (χ3n) is 12.5. The van der Waals surface area contributed by atoms with E-state index in [0.29, 0.717) is 17.1 Å². The van der Waals surface area contributed by atoms with Crippen LogP contribution in [0.4, 0.5) is 0 Å². The second-order valence-corrected chi connectivity index (χ2v) is 14.7. The smallest absolute Gasteiger partial charge is 0.338 e.